The van der Waals surface area contributed by atoms with Crippen LogP contribution in [0.5, 0.6) is 0 Å². The Labute approximate surface area is 178 Å². The molecule has 150 valence electrons. The first kappa shape index (κ1) is 19.8. The molecule has 5 nitrogen and oxygen atoms in total. The van der Waals surface area contributed by atoms with Gasteiger partial charge in [0.2, 0.25) is 11.8 Å². The lowest BCUT2D eigenvalue weighted by atomic mass is 10.1. The van der Waals surface area contributed by atoms with E-state index in [1.807, 2.05) is 61.2 Å². The molecule has 0 saturated carbocycles. The van der Waals surface area contributed by atoms with Gasteiger partial charge in [-0.1, -0.05) is 30.3 Å². The topological polar surface area (TPSA) is 62.3 Å². The number of thiazole rings is 1. The molecule has 1 aliphatic heterocycles. The molecule has 2 amide bonds. The van der Waals surface area contributed by atoms with Gasteiger partial charge in [-0.2, -0.15) is 0 Å². The van der Waals surface area contributed by atoms with E-state index in [4.69, 9.17) is 0 Å². The second-order valence-electron chi connectivity index (χ2n) is 7.27. The molecule has 7 heteroatoms. The third-order valence-electron chi connectivity index (χ3n) is 5.25. The van der Waals surface area contributed by atoms with E-state index in [1.165, 1.54) is 0 Å². The molecule has 3 aromatic rings. The zero-order valence-corrected chi connectivity index (χ0v) is 18.1. The van der Waals surface area contributed by atoms with Crippen LogP contribution in [0.2, 0.25) is 0 Å². The molecule has 1 aromatic carbocycles. The molecule has 0 aliphatic carbocycles. The van der Waals surface area contributed by atoms with Crippen molar-refractivity contribution in [2.24, 2.45) is 5.92 Å². The molecule has 2 aromatic heterocycles. The summed E-state index contributed by atoms with van der Waals surface area (Å²) in [6.07, 6.45) is 0.275. The third-order valence-corrected chi connectivity index (χ3v) is 7.13. The molecule has 29 heavy (non-hydrogen) atoms. The van der Waals surface area contributed by atoms with Crippen LogP contribution < -0.4 is 5.32 Å². The van der Waals surface area contributed by atoms with Crippen molar-refractivity contribution in [1.82, 2.24) is 15.2 Å². The highest BCUT2D eigenvalue weighted by Crippen LogP contribution is 2.30. The molecule has 0 spiro atoms. The second-order valence-corrected chi connectivity index (χ2v) is 9.50. The summed E-state index contributed by atoms with van der Waals surface area (Å²) in [6.45, 7) is 4.95. The molecule has 1 fully saturated rings. The van der Waals surface area contributed by atoms with Crippen molar-refractivity contribution in [3.63, 3.8) is 0 Å². The minimum absolute atomic E-state index is 0.0251. The number of likely N-dealkylation sites (tertiary alicyclic amines) is 1. The molecule has 4 rings (SSSR count). The maximum absolute atomic E-state index is 12.7. The first-order valence-electron chi connectivity index (χ1n) is 9.64. The normalized spacial score (nSPS) is 17.5. The fourth-order valence-corrected chi connectivity index (χ4v) is 5.19. The van der Waals surface area contributed by atoms with Crippen molar-refractivity contribution >= 4 is 34.5 Å². The van der Waals surface area contributed by atoms with Crippen LogP contribution in [-0.4, -0.2) is 28.2 Å². The first-order valence-corrected chi connectivity index (χ1v) is 11.3. The van der Waals surface area contributed by atoms with E-state index in [0.29, 0.717) is 13.1 Å². The van der Waals surface area contributed by atoms with Gasteiger partial charge in [0.15, 0.2) is 0 Å². The molecule has 0 radical (unpaired) electrons. The minimum Gasteiger partial charge on any atom is -0.351 e. The second kappa shape index (κ2) is 8.47. The molecule has 2 atom stereocenters. The zero-order chi connectivity index (χ0) is 20.4. The highest BCUT2D eigenvalue weighted by atomic mass is 32.1. The van der Waals surface area contributed by atoms with E-state index in [-0.39, 0.29) is 30.2 Å². The summed E-state index contributed by atoms with van der Waals surface area (Å²) < 4.78 is 0. The number of nitrogens with zero attached hydrogens (tertiary/aromatic N) is 2. The van der Waals surface area contributed by atoms with E-state index in [9.17, 15) is 9.59 Å². The third kappa shape index (κ3) is 4.41. The van der Waals surface area contributed by atoms with Crippen LogP contribution in [0.15, 0.2) is 47.8 Å². The molecule has 0 bridgehead atoms. The van der Waals surface area contributed by atoms with Gasteiger partial charge in [0.25, 0.3) is 0 Å². The summed E-state index contributed by atoms with van der Waals surface area (Å²) in [5.41, 5.74) is 2.08. The SMILES string of the molecule is Cc1nc(-c2ccc(CNC(=O)C3CC(=O)N(C(C)c4ccccc4)C3)s2)cs1. The smallest absolute Gasteiger partial charge is 0.225 e. The van der Waals surface area contributed by atoms with Gasteiger partial charge in [0.05, 0.1) is 34.1 Å². The fraction of sp³-hybridized carbons (Fsp3) is 0.318. The van der Waals surface area contributed by atoms with Crippen molar-refractivity contribution in [1.29, 1.82) is 0 Å². The summed E-state index contributed by atoms with van der Waals surface area (Å²) in [4.78, 5) is 33.6. The monoisotopic (exact) mass is 425 g/mol. The largest absolute Gasteiger partial charge is 0.351 e. The van der Waals surface area contributed by atoms with E-state index >= 15 is 0 Å². The first-order chi connectivity index (χ1) is 14.0. The van der Waals surface area contributed by atoms with Gasteiger partial charge in [-0.25, -0.2) is 4.98 Å². The van der Waals surface area contributed by atoms with Gasteiger partial charge in [-0.05, 0) is 31.5 Å². The van der Waals surface area contributed by atoms with Crippen LogP contribution in [0.4, 0.5) is 0 Å². The lowest BCUT2D eigenvalue weighted by molar-refractivity contribution is -0.130. The Morgan fingerprint density at radius 3 is 2.79 bits per heavy atom. The highest BCUT2D eigenvalue weighted by Gasteiger charge is 2.36. The van der Waals surface area contributed by atoms with Gasteiger partial charge in [-0.15, -0.1) is 22.7 Å². The van der Waals surface area contributed by atoms with Crippen molar-refractivity contribution in [2.45, 2.75) is 32.9 Å². The summed E-state index contributed by atoms with van der Waals surface area (Å²) in [5.74, 6) is -0.311. The summed E-state index contributed by atoms with van der Waals surface area (Å²) in [5, 5.41) is 6.10. The molecule has 1 saturated heterocycles. The van der Waals surface area contributed by atoms with Gasteiger partial charge in [0.1, 0.15) is 0 Å². The van der Waals surface area contributed by atoms with Crippen LogP contribution in [0.3, 0.4) is 0 Å². The summed E-state index contributed by atoms with van der Waals surface area (Å²) in [6, 6.07) is 14.0. The number of aromatic nitrogens is 1. The van der Waals surface area contributed by atoms with Crippen molar-refractivity contribution < 1.29 is 9.59 Å². The van der Waals surface area contributed by atoms with Gasteiger partial charge >= 0.3 is 0 Å². The Bertz CT molecular complexity index is 1010. The average Bonchev–Trinajstić information content (AvgIpc) is 3.46. The van der Waals surface area contributed by atoms with Crippen LogP contribution in [-0.2, 0) is 16.1 Å². The average molecular weight is 426 g/mol. The van der Waals surface area contributed by atoms with Crippen LogP contribution in [0.25, 0.3) is 10.6 Å². The Kier molecular flexibility index (Phi) is 5.78. The number of rotatable bonds is 6. The van der Waals surface area contributed by atoms with E-state index < -0.39 is 0 Å². The van der Waals surface area contributed by atoms with E-state index in [1.54, 1.807) is 22.7 Å². The van der Waals surface area contributed by atoms with Crippen LogP contribution in [0, 0.1) is 12.8 Å². The lowest BCUT2D eigenvalue weighted by Gasteiger charge is -2.25. The maximum Gasteiger partial charge on any atom is 0.225 e. The standard InChI is InChI=1S/C22H23N3O2S2/c1-14(16-6-4-3-5-7-16)25-12-17(10-21(25)26)22(27)23-11-18-8-9-20(29-18)19-13-28-15(2)24-19/h3-9,13-14,17H,10-12H2,1-2H3,(H,23,27). The number of hydrogen-bond donors (Lipinski definition) is 1. The van der Waals surface area contributed by atoms with Gasteiger partial charge < -0.3 is 10.2 Å². The Hall–Kier alpha value is -2.51. The summed E-state index contributed by atoms with van der Waals surface area (Å²) >= 11 is 3.27. The lowest BCUT2D eigenvalue weighted by Crippen LogP contribution is -2.33. The predicted octanol–water partition coefficient (Wildman–Crippen LogP) is 4.41. The number of aryl methyl sites for hydroxylation is 1. The van der Waals surface area contributed by atoms with Gasteiger partial charge in [-0.3, -0.25) is 9.59 Å². The summed E-state index contributed by atoms with van der Waals surface area (Å²) in [7, 11) is 0. The molecule has 3 heterocycles. The maximum atomic E-state index is 12.7. The van der Waals surface area contributed by atoms with Crippen LogP contribution >= 0.6 is 22.7 Å². The number of amides is 2. The number of benzene rings is 1. The Balaban J connectivity index is 1.34. The van der Waals surface area contributed by atoms with Gasteiger partial charge in [0, 0.05) is 23.2 Å². The van der Waals surface area contributed by atoms with Crippen molar-refractivity contribution in [3.8, 4) is 10.6 Å². The molecular formula is C22H23N3O2S2. The quantitative estimate of drug-likeness (QED) is 0.636. The Morgan fingerprint density at radius 1 is 1.28 bits per heavy atom. The predicted molar refractivity (Wildman–Crippen MR) is 117 cm³/mol. The number of carbonyl (C=O) groups excluding carboxylic acids is 2. The number of nitrogens with one attached hydrogen (secondary N) is 1. The Morgan fingerprint density at radius 2 is 2.07 bits per heavy atom. The molecule has 1 aliphatic rings. The fourth-order valence-electron chi connectivity index (χ4n) is 3.60. The van der Waals surface area contributed by atoms with Crippen molar-refractivity contribution in [2.75, 3.05) is 6.54 Å². The molecular weight excluding hydrogens is 402 g/mol. The molecule has 1 N–H and O–H groups in total. The molecule has 2 unspecified atom stereocenters. The number of hydrogen-bond acceptors (Lipinski definition) is 5. The number of thiophene rings is 1. The van der Waals surface area contributed by atoms with Crippen LogP contribution in [0.1, 0.15) is 34.8 Å². The minimum atomic E-state index is -0.297. The highest BCUT2D eigenvalue weighted by molar-refractivity contribution is 7.16. The zero-order valence-electron chi connectivity index (χ0n) is 16.4. The van der Waals surface area contributed by atoms with E-state index in [2.05, 4.69) is 15.7 Å². The van der Waals surface area contributed by atoms with E-state index in [0.717, 1.165) is 26.0 Å². The van der Waals surface area contributed by atoms with Crippen molar-refractivity contribution in [3.05, 3.63) is 63.3 Å². The number of carbonyl (C=O) groups is 2.